The van der Waals surface area contributed by atoms with E-state index in [0.717, 1.165) is 6.07 Å². The summed E-state index contributed by atoms with van der Waals surface area (Å²) in [5, 5.41) is 13.7. The average Bonchev–Trinajstić information content (AvgIpc) is 2.29. The molecule has 0 spiro atoms. The first-order chi connectivity index (χ1) is 8.90. The standard InChI is InChI=1S/C12H16F2N2O3/c1-8(2)6-15-7-9-5-10(16(17)18)3-4-11(9)19-12(13)14/h3-5,8,12,15H,6-7H2,1-2H3. The van der Waals surface area contributed by atoms with E-state index in [0.29, 0.717) is 18.0 Å². The first-order valence-electron chi connectivity index (χ1n) is 5.83. The molecule has 0 heterocycles. The number of hydrogen-bond donors (Lipinski definition) is 1. The molecule has 1 aromatic carbocycles. The van der Waals surface area contributed by atoms with Crippen molar-refractivity contribution >= 4 is 5.69 Å². The summed E-state index contributed by atoms with van der Waals surface area (Å²) in [6, 6.07) is 3.57. The predicted octanol–water partition coefficient (Wildman–Crippen LogP) is 2.94. The van der Waals surface area contributed by atoms with Gasteiger partial charge in [-0.05, 0) is 18.5 Å². The van der Waals surface area contributed by atoms with Crippen LogP contribution in [-0.2, 0) is 6.54 Å². The fraction of sp³-hybridized carbons (Fsp3) is 0.500. The Kier molecular flexibility index (Phi) is 5.62. The van der Waals surface area contributed by atoms with E-state index in [1.807, 2.05) is 13.8 Å². The topological polar surface area (TPSA) is 64.4 Å². The molecule has 0 aliphatic carbocycles. The number of non-ortho nitro benzene ring substituents is 1. The predicted molar refractivity (Wildman–Crippen MR) is 66.3 cm³/mol. The van der Waals surface area contributed by atoms with Crippen molar-refractivity contribution in [2.45, 2.75) is 27.0 Å². The average molecular weight is 274 g/mol. The number of nitro benzene ring substituents is 1. The van der Waals surface area contributed by atoms with Crippen molar-refractivity contribution in [2.24, 2.45) is 5.92 Å². The summed E-state index contributed by atoms with van der Waals surface area (Å²) in [5.41, 5.74) is 0.193. The molecule has 106 valence electrons. The van der Waals surface area contributed by atoms with Crippen molar-refractivity contribution in [2.75, 3.05) is 6.54 Å². The van der Waals surface area contributed by atoms with Crippen LogP contribution in [0.25, 0.3) is 0 Å². The van der Waals surface area contributed by atoms with E-state index in [1.165, 1.54) is 12.1 Å². The van der Waals surface area contributed by atoms with Crippen LogP contribution in [0.3, 0.4) is 0 Å². The van der Waals surface area contributed by atoms with Gasteiger partial charge in [0.2, 0.25) is 0 Å². The number of hydrogen-bond acceptors (Lipinski definition) is 4. The van der Waals surface area contributed by atoms with Crippen molar-refractivity contribution in [1.29, 1.82) is 0 Å². The van der Waals surface area contributed by atoms with Crippen molar-refractivity contribution in [3.63, 3.8) is 0 Å². The Morgan fingerprint density at radius 3 is 2.63 bits per heavy atom. The Bertz CT molecular complexity index is 439. The molecule has 0 aliphatic rings. The summed E-state index contributed by atoms with van der Waals surface area (Å²) in [6.07, 6.45) is 0. The molecule has 0 aliphatic heterocycles. The molecule has 0 saturated heterocycles. The van der Waals surface area contributed by atoms with Crippen molar-refractivity contribution in [3.8, 4) is 5.75 Å². The molecule has 0 atom stereocenters. The molecule has 7 heteroatoms. The van der Waals surface area contributed by atoms with Crippen LogP contribution in [0.2, 0.25) is 0 Å². The normalized spacial score (nSPS) is 11.1. The number of ether oxygens (including phenoxy) is 1. The van der Waals surface area contributed by atoms with Crippen LogP contribution < -0.4 is 10.1 Å². The van der Waals surface area contributed by atoms with Gasteiger partial charge < -0.3 is 10.1 Å². The highest BCUT2D eigenvalue weighted by molar-refractivity contribution is 5.43. The molecule has 0 amide bonds. The molecule has 0 saturated carbocycles. The number of nitro groups is 1. The lowest BCUT2D eigenvalue weighted by Crippen LogP contribution is -2.20. The quantitative estimate of drug-likeness (QED) is 0.613. The van der Waals surface area contributed by atoms with Crippen LogP contribution in [-0.4, -0.2) is 18.1 Å². The summed E-state index contributed by atoms with van der Waals surface area (Å²) in [4.78, 5) is 10.1. The summed E-state index contributed by atoms with van der Waals surface area (Å²) < 4.78 is 28.8. The fourth-order valence-corrected chi connectivity index (χ4v) is 1.52. The summed E-state index contributed by atoms with van der Waals surface area (Å²) in [6.45, 7) is 1.96. The lowest BCUT2D eigenvalue weighted by atomic mass is 10.1. The minimum Gasteiger partial charge on any atom is -0.434 e. The van der Waals surface area contributed by atoms with Gasteiger partial charge in [-0.15, -0.1) is 0 Å². The number of nitrogens with one attached hydrogen (secondary N) is 1. The van der Waals surface area contributed by atoms with E-state index in [-0.39, 0.29) is 18.0 Å². The first-order valence-corrected chi connectivity index (χ1v) is 5.83. The number of nitrogens with zero attached hydrogens (tertiary/aromatic N) is 1. The summed E-state index contributed by atoms with van der Waals surface area (Å²) >= 11 is 0. The van der Waals surface area contributed by atoms with Crippen LogP contribution in [0.4, 0.5) is 14.5 Å². The molecule has 0 fully saturated rings. The maximum absolute atomic E-state index is 12.2. The summed E-state index contributed by atoms with van der Waals surface area (Å²) in [7, 11) is 0. The SMILES string of the molecule is CC(C)CNCc1cc([N+](=O)[O-])ccc1OC(F)F. The Labute approximate surface area is 109 Å². The van der Waals surface area contributed by atoms with Crippen LogP contribution in [0.5, 0.6) is 5.75 Å². The van der Waals surface area contributed by atoms with Crippen LogP contribution in [0.1, 0.15) is 19.4 Å². The highest BCUT2D eigenvalue weighted by atomic mass is 19.3. The van der Waals surface area contributed by atoms with Gasteiger partial charge >= 0.3 is 6.61 Å². The molecule has 0 bridgehead atoms. The van der Waals surface area contributed by atoms with Gasteiger partial charge in [0.25, 0.3) is 5.69 Å². The molecule has 19 heavy (non-hydrogen) atoms. The van der Waals surface area contributed by atoms with E-state index < -0.39 is 11.5 Å². The Hall–Kier alpha value is -1.76. The second kappa shape index (κ2) is 6.98. The minimum absolute atomic E-state index is 0.0446. The van der Waals surface area contributed by atoms with E-state index in [4.69, 9.17) is 0 Å². The third-order valence-corrected chi connectivity index (χ3v) is 2.34. The van der Waals surface area contributed by atoms with E-state index in [2.05, 4.69) is 10.1 Å². The zero-order valence-corrected chi connectivity index (χ0v) is 10.7. The van der Waals surface area contributed by atoms with E-state index in [1.54, 1.807) is 0 Å². The second-order valence-electron chi connectivity index (χ2n) is 4.45. The number of halogens is 2. The van der Waals surface area contributed by atoms with Gasteiger partial charge in [0, 0.05) is 24.2 Å². The first kappa shape index (κ1) is 15.3. The third-order valence-electron chi connectivity index (χ3n) is 2.34. The lowest BCUT2D eigenvalue weighted by molar-refractivity contribution is -0.385. The smallest absolute Gasteiger partial charge is 0.387 e. The maximum Gasteiger partial charge on any atom is 0.387 e. The van der Waals surface area contributed by atoms with E-state index >= 15 is 0 Å². The molecule has 0 aromatic heterocycles. The van der Waals surface area contributed by atoms with Crippen LogP contribution in [0.15, 0.2) is 18.2 Å². The molecule has 1 aromatic rings. The minimum atomic E-state index is -2.95. The van der Waals surface area contributed by atoms with Gasteiger partial charge in [-0.2, -0.15) is 8.78 Å². The highest BCUT2D eigenvalue weighted by Crippen LogP contribution is 2.25. The highest BCUT2D eigenvalue weighted by Gasteiger charge is 2.14. The molecule has 1 N–H and O–H groups in total. The van der Waals surface area contributed by atoms with Gasteiger partial charge in [-0.1, -0.05) is 13.8 Å². The summed E-state index contributed by atoms with van der Waals surface area (Å²) in [5.74, 6) is 0.343. The van der Waals surface area contributed by atoms with Crippen LogP contribution >= 0.6 is 0 Å². The van der Waals surface area contributed by atoms with E-state index in [9.17, 15) is 18.9 Å². The molecule has 1 rings (SSSR count). The molecular weight excluding hydrogens is 258 g/mol. The van der Waals surface area contributed by atoms with Crippen molar-refractivity contribution in [1.82, 2.24) is 5.32 Å². The van der Waals surface area contributed by atoms with Crippen LogP contribution in [0, 0.1) is 16.0 Å². The maximum atomic E-state index is 12.2. The third kappa shape index (κ3) is 5.17. The number of alkyl halides is 2. The molecule has 5 nitrogen and oxygen atoms in total. The molecule has 0 unspecified atom stereocenters. The second-order valence-corrected chi connectivity index (χ2v) is 4.45. The van der Waals surface area contributed by atoms with Gasteiger partial charge in [0.1, 0.15) is 5.75 Å². The Morgan fingerprint density at radius 2 is 2.11 bits per heavy atom. The Balaban J connectivity index is 2.87. The van der Waals surface area contributed by atoms with Gasteiger partial charge in [0.15, 0.2) is 0 Å². The molecular formula is C12H16F2N2O3. The van der Waals surface area contributed by atoms with Crippen molar-refractivity contribution in [3.05, 3.63) is 33.9 Å². The largest absolute Gasteiger partial charge is 0.434 e. The Morgan fingerprint density at radius 1 is 1.42 bits per heavy atom. The van der Waals surface area contributed by atoms with Gasteiger partial charge in [-0.25, -0.2) is 0 Å². The van der Waals surface area contributed by atoms with Gasteiger partial charge in [0.05, 0.1) is 4.92 Å². The van der Waals surface area contributed by atoms with Crippen molar-refractivity contribution < 1.29 is 18.4 Å². The molecule has 0 radical (unpaired) electrons. The fourth-order valence-electron chi connectivity index (χ4n) is 1.52. The van der Waals surface area contributed by atoms with Gasteiger partial charge in [-0.3, -0.25) is 10.1 Å². The number of benzene rings is 1. The zero-order valence-electron chi connectivity index (χ0n) is 10.7. The monoisotopic (exact) mass is 274 g/mol. The lowest BCUT2D eigenvalue weighted by Gasteiger charge is -2.12. The number of rotatable bonds is 7. The zero-order chi connectivity index (χ0) is 14.4.